The summed E-state index contributed by atoms with van der Waals surface area (Å²) in [5, 5.41) is 9.05. The Morgan fingerprint density at radius 3 is 2.71 bits per heavy atom. The molecule has 5 aromatic rings. The van der Waals surface area contributed by atoms with Gasteiger partial charge in [-0.1, -0.05) is 36.5 Å². The summed E-state index contributed by atoms with van der Waals surface area (Å²) in [5.74, 6) is 2.54. The molecule has 1 aliphatic carbocycles. The number of halogens is 1. The molecule has 1 aliphatic heterocycles. The van der Waals surface area contributed by atoms with Crippen LogP contribution in [-0.2, 0) is 13.6 Å². The zero-order valence-electron chi connectivity index (χ0n) is 23.0. The first-order chi connectivity index (χ1) is 19.9. The Balaban J connectivity index is 1.44. The second-order valence-electron chi connectivity index (χ2n) is 11.3. The minimum Gasteiger partial charge on any atom is -0.332 e. The van der Waals surface area contributed by atoms with Gasteiger partial charge in [-0.25, -0.2) is 19.7 Å². The van der Waals surface area contributed by atoms with E-state index >= 15 is 0 Å². The summed E-state index contributed by atoms with van der Waals surface area (Å²) in [7, 11) is 1.89. The molecule has 1 saturated carbocycles. The molecule has 0 spiro atoms. The Labute approximate surface area is 240 Å². The highest BCUT2D eigenvalue weighted by molar-refractivity contribution is 6.30. The number of pyridine rings is 2. The summed E-state index contributed by atoms with van der Waals surface area (Å²) in [6.07, 6.45) is 11.9. The predicted molar refractivity (Wildman–Crippen MR) is 153 cm³/mol. The summed E-state index contributed by atoms with van der Waals surface area (Å²) < 4.78 is 8.87. The standard InChI is InChI=1S/C28H31ClN10O2/c1-16-5-7-17(8-6-16)14-39-24-20(33-27(39)38-9-3-4-22(38)26-31-15-37(2)35-26)11-21(25-34-28(40)41-36-25)32-23(24)18-10-19(29)13-30-12-18/h10-13,15-17,22H,3-9,14H2,1-2H3,(H,34,36,40)/t16-,17-,22?. The van der Waals surface area contributed by atoms with Gasteiger partial charge in [0.1, 0.15) is 12.0 Å². The van der Waals surface area contributed by atoms with Crippen LogP contribution < -0.4 is 10.7 Å². The van der Waals surface area contributed by atoms with E-state index in [1.807, 2.05) is 19.2 Å². The summed E-state index contributed by atoms with van der Waals surface area (Å²) in [6.45, 7) is 4.01. The van der Waals surface area contributed by atoms with Crippen LogP contribution in [0.1, 0.15) is 57.3 Å². The van der Waals surface area contributed by atoms with Crippen LogP contribution >= 0.6 is 11.6 Å². The van der Waals surface area contributed by atoms with Crippen molar-refractivity contribution in [2.45, 2.75) is 58.0 Å². The Morgan fingerprint density at radius 2 is 1.98 bits per heavy atom. The van der Waals surface area contributed by atoms with Crippen LogP contribution in [0.3, 0.4) is 0 Å². The van der Waals surface area contributed by atoms with Crippen LogP contribution in [0, 0.1) is 11.8 Å². The quantitative estimate of drug-likeness (QED) is 0.303. The van der Waals surface area contributed by atoms with Crippen LogP contribution in [-0.4, -0.2) is 51.0 Å². The van der Waals surface area contributed by atoms with Gasteiger partial charge < -0.3 is 9.47 Å². The molecule has 0 bridgehead atoms. The second-order valence-corrected chi connectivity index (χ2v) is 11.8. The van der Waals surface area contributed by atoms with E-state index in [0.717, 1.165) is 60.2 Å². The Bertz CT molecular complexity index is 1760. The van der Waals surface area contributed by atoms with Crippen molar-refractivity contribution in [2.75, 3.05) is 11.4 Å². The highest BCUT2D eigenvalue weighted by Gasteiger charge is 2.34. The minimum absolute atomic E-state index is 0.0220. The fraction of sp³-hybridized carbons (Fsp3) is 0.464. The van der Waals surface area contributed by atoms with E-state index in [1.165, 1.54) is 25.7 Å². The van der Waals surface area contributed by atoms with Crippen molar-refractivity contribution in [3.05, 3.63) is 52.3 Å². The van der Waals surface area contributed by atoms with Crippen molar-refractivity contribution in [1.82, 2.24) is 44.4 Å². The van der Waals surface area contributed by atoms with Crippen molar-refractivity contribution < 1.29 is 4.52 Å². The number of rotatable bonds is 6. The van der Waals surface area contributed by atoms with Gasteiger partial charge in [0.2, 0.25) is 11.8 Å². The number of hydrogen-bond acceptors (Lipinski definition) is 9. The minimum atomic E-state index is -0.645. The van der Waals surface area contributed by atoms with Crippen LogP contribution in [0.25, 0.3) is 33.8 Å². The number of hydrogen-bond donors (Lipinski definition) is 1. The molecule has 13 heteroatoms. The fourth-order valence-electron chi connectivity index (χ4n) is 6.29. The number of nitrogens with one attached hydrogen (secondary N) is 1. The zero-order valence-corrected chi connectivity index (χ0v) is 23.8. The summed E-state index contributed by atoms with van der Waals surface area (Å²) >= 11 is 6.40. The van der Waals surface area contributed by atoms with E-state index < -0.39 is 5.76 Å². The molecule has 1 atom stereocenters. The molecule has 2 fully saturated rings. The summed E-state index contributed by atoms with van der Waals surface area (Å²) in [5.41, 5.74) is 3.52. The van der Waals surface area contributed by atoms with E-state index in [1.54, 1.807) is 23.4 Å². The van der Waals surface area contributed by atoms with E-state index in [-0.39, 0.29) is 11.9 Å². The third-order valence-electron chi connectivity index (χ3n) is 8.37. The lowest BCUT2D eigenvalue weighted by Gasteiger charge is -2.30. The fourth-order valence-corrected chi connectivity index (χ4v) is 6.47. The number of aryl methyl sites for hydroxylation is 1. The van der Waals surface area contributed by atoms with Gasteiger partial charge in [-0.05, 0) is 49.7 Å². The molecular weight excluding hydrogens is 544 g/mol. The zero-order chi connectivity index (χ0) is 28.1. The maximum Gasteiger partial charge on any atom is 0.439 e. The Kier molecular flexibility index (Phi) is 6.57. The lowest BCUT2D eigenvalue weighted by Crippen LogP contribution is -2.28. The molecule has 0 amide bonds. The largest absolute Gasteiger partial charge is 0.439 e. The van der Waals surface area contributed by atoms with Crippen molar-refractivity contribution in [1.29, 1.82) is 0 Å². The topological polar surface area (TPSA) is 136 Å². The van der Waals surface area contributed by atoms with Gasteiger partial charge in [0, 0.05) is 38.1 Å². The summed E-state index contributed by atoms with van der Waals surface area (Å²) in [4.78, 5) is 35.9. The Hall–Kier alpha value is -4.06. The van der Waals surface area contributed by atoms with Gasteiger partial charge in [-0.15, -0.1) is 0 Å². The predicted octanol–water partition coefficient (Wildman–Crippen LogP) is 4.79. The van der Waals surface area contributed by atoms with Crippen LogP contribution in [0.2, 0.25) is 5.02 Å². The van der Waals surface area contributed by atoms with Crippen molar-refractivity contribution in [3.63, 3.8) is 0 Å². The molecular formula is C28H31ClN10O2. The molecule has 6 heterocycles. The third kappa shape index (κ3) is 4.90. The molecule has 0 radical (unpaired) electrons. The van der Waals surface area contributed by atoms with Gasteiger partial charge in [0.15, 0.2) is 5.82 Å². The smallest absolute Gasteiger partial charge is 0.332 e. The number of H-pyrrole nitrogens is 1. The van der Waals surface area contributed by atoms with E-state index in [4.69, 9.17) is 26.1 Å². The molecule has 1 unspecified atom stereocenters. The first-order valence-corrected chi connectivity index (χ1v) is 14.5. The second kappa shape index (κ2) is 10.4. The van der Waals surface area contributed by atoms with Crippen LogP contribution in [0.5, 0.6) is 0 Å². The first-order valence-electron chi connectivity index (χ1n) is 14.1. The van der Waals surface area contributed by atoms with Crippen LogP contribution in [0.4, 0.5) is 5.95 Å². The molecule has 7 rings (SSSR count). The highest BCUT2D eigenvalue weighted by atomic mass is 35.5. The van der Waals surface area contributed by atoms with Crippen molar-refractivity contribution in [2.24, 2.45) is 18.9 Å². The van der Waals surface area contributed by atoms with E-state index in [2.05, 4.69) is 41.6 Å². The lowest BCUT2D eigenvalue weighted by atomic mass is 9.83. The van der Waals surface area contributed by atoms with E-state index in [9.17, 15) is 4.79 Å². The molecule has 1 saturated heterocycles. The number of aromatic nitrogens is 9. The number of nitrogens with zero attached hydrogens (tertiary/aromatic N) is 9. The Morgan fingerprint density at radius 1 is 1.12 bits per heavy atom. The van der Waals surface area contributed by atoms with Gasteiger partial charge >= 0.3 is 5.76 Å². The maximum atomic E-state index is 11.8. The number of fused-ring (bicyclic) bond motifs is 1. The normalized spacial score (nSPS) is 21.2. The van der Waals surface area contributed by atoms with Crippen molar-refractivity contribution >= 4 is 28.6 Å². The van der Waals surface area contributed by atoms with Gasteiger partial charge in [0.05, 0.1) is 27.8 Å². The molecule has 212 valence electrons. The molecule has 5 aromatic heterocycles. The number of anilines is 1. The average molecular weight is 575 g/mol. The highest BCUT2D eigenvalue weighted by Crippen LogP contribution is 2.40. The molecule has 41 heavy (non-hydrogen) atoms. The average Bonchev–Trinajstić information content (AvgIpc) is 3.76. The van der Waals surface area contributed by atoms with Gasteiger partial charge in [0.25, 0.3) is 0 Å². The van der Waals surface area contributed by atoms with Gasteiger partial charge in [-0.2, -0.15) is 5.10 Å². The van der Waals surface area contributed by atoms with E-state index in [0.29, 0.717) is 22.3 Å². The van der Waals surface area contributed by atoms with Crippen LogP contribution in [0.15, 0.2) is 40.2 Å². The maximum absolute atomic E-state index is 11.8. The molecule has 2 aliphatic rings. The molecule has 1 N–H and O–H groups in total. The first kappa shape index (κ1) is 25.9. The number of imidazole rings is 1. The lowest BCUT2D eigenvalue weighted by molar-refractivity contribution is 0.266. The molecule has 12 nitrogen and oxygen atoms in total. The molecule has 0 aromatic carbocycles. The monoisotopic (exact) mass is 574 g/mol. The SMILES string of the molecule is Cn1cnc(C2CCCN2c2nc3cc(-c4noc(=O)[nH]4)nc(-c4cncc(Cl)c4)c3n2C[C@H]2CC[C@H](C)CC2)n1. The number of aromatic amines is 1. The summed E-state index contributed by atoms with van der Waals surface area (Å²) in [6, 6.07) is 3.73. The third-order valence-corrected chi connectivity index (χ3v) is 8.57. The van der Waals surface area contributed by atoms with Gasteiger partial charge in [-0.3, -0.25) is 19.2 Å². The van der Waals surface area contributed by atoms with Crippen molar-refractivity contribution in [3.8, 4) is 22.8 Å².